The molecule has 0 radical (unpaired) electrons. The number of benzene rings is 1. The zero-order valence-corrected chi connectivity index (χ0v) is 11.2. The number of aryl methyl sites for hydroxylation is 1. The van der Waals surface area contributed by atoms with Gasteiger partial charge in [-0.25, -0.2) is 4.98 Å². The fraction of sp³-hybridized carbons (Fsp3) is 0.0769. The number of carbonyl (C=O) groups is 1. The van der Waals surface area contributed by atoms with Crippen molar-refractivity contribution in [1.82, 2.24) is 4.98 Å². The van der Waals surface area contributed by atoms with Crippen LogP contribution in [-0.2, 0) is 0 Å². The number of amides is 1. The van der Waals surface area contributed by atoms with E-state index in [-0.39, 0.29) is 11.7 Å². The monoisotopic (exact) mass is 306 g/mol. The predicted octanol–water partition coefficient (Wildman–Crippen LogP) is 3.11. The molecule has 92 valence electrons. The molecule has 1 amide bonds. The van der Waals surface area contributed by atoms with Crippen molar-refractivity contribution < 1.29 is 9.90 Å². The van der Waals surface area contributed by atoms with E-state index in [1.807, 2.05) is 6.92 Å². The Kier molecular flexibility index (Phi) is 3.62. The van der Waals surface area contributed by atoms with Crippen LogP contribution in [0.4, 0.5) is 5.69 Å². The third-order valence-electron chi connectivity index (χ3n) is 2.46. The molecule has 18 heavy (non-hydrogen) atoms. The molecule has 2 aromatic rings. The van der Waals surface area contributed by atoms with E-state index >= 15 is 0 Å². The lowest BCUT2D eigenvalue weighted by Crippen LogP contribution is -2.13. The number of carbonyl (C=O) groups excluding carboxylic acids is 1. The summed E-state index contributed by atoms with van der Waals surface area (Å²) in [7, 11) is 0. The minimum Gasteiger partial charge on any atom is -0.508 e. The van der Waals surface area contributed by atoms with E-state index < -0.39 is 0 Å². The van der Waals surface area contributed by atoms with Crippen molar-refractivity contribution in [3.8, 4) is 5.75 Å². The molecule has 0 atom stereocenters. The van der Waals surface area contributed by atoms with Gasteiger partial charge in [-0.1, -0.05) is 0 Å². The van der Waals surface area contributed by atoms with Gasteiger partial charge in [0.25, 0.3) is 5.91 Å². The lowest BCUT2D eigenvalue weighted by molar-refractivity contribution is 0.102. The number of rotatable bonds is 2. The van der Waals surface area contributed by atoms with Crippen LogP contribution < -0.4 is 5.32 Å². The highest BCUT2D eigenvalue weighted by molar-refractivity contribution is 9.10. The largest absolute Gasteiger partial charge is 0.508 e. The van der Waals surface area contributed by atoms with Gasteiger partial charge >= 0.3 is 0 Å². The summed E-state index contributed by atoms with van der Waals surface area (Å²) < 4.78 is 0.499. The number of nitrogens with one attached hydrogen (secondary N) is 1. The molecule has 0 bridgehead atoms. The maximum Gasteiger partial charge on any atom is 0.258 e. The van der Waals surface area contributed by atoms with Crippen molar-refractivity contribution in [2.45, 2.75) is 6.92 Å². The van der Waals surface area contributed by atoms with Crippen LogP contribution in [0.25, 0.3) is 0 Å². The second-order valence-electron chi connectivity index (χ2n) is 3.80. The van der Waals surface area contributed by atoms with Crippen LogP contribution in [0.5, 0.6) is 5.75 Å². The van der Waals surface area contributed by atoms with E-state index in [1.54, 1.807) is 30.5 Å². The van der Waals surface area contributed by atoms with Crippen molar-refractivity contribution in [3.05, 3.63) is 52.3 Å². The second-order valence-corrected chi connectivity index (χ2v) is 4.55. The molecule has 0 unspecified atom stereocenters. The lowest BCUT2D eigenvalue weighted by Gasteiger charge is -2.09. The minimum absolute atomic E-state index is 0.174. The van der Waals surface area contributed by atoms with E-state index in [1.165, 1.54) is 6.07 Å². The van der Waals surface area contributed by atoms with Crippen LogP contribution >= 0.6 is 15.9 Å². The van der Waals surface area contributed by atoms with Gasteiger partial charge in [0.15, 0.2) is 0 Å². The zero-order chi connectivity index (χ0) is 13.1. The Morgan fingerprint density at radius 3 is 2.83 bits per heavy atom. The molecule has 5 heteroatoms. The lowest BCUT2D eigenvalue weighted by atomic mass is 10.2. The Labute approximate surface area is 113 Å². The van der Waals surface area contributed by atoms with Gasteiger partial charge in [0.05, 0.1) is 5.56 Å². The summed E-state index contributed by atoms with van der Waals surface area (Å²) in [4.78, 5) is 16.0. The fourth-order valence-electron chi connectivity index (χ4n) is 1.53. The van der Waals surface area contributed by atoms with Crippen molar-refractivity contribution in [1.29, 1.82) is 0 Å². The third-order valence-corrected chi connectivity index (χ3v) is 3.09. The molecular formula is C13H11BrN2O2. The van der Waals surface area contributed by atoms with Gasteiger partial charge in [-0.05, 0) is 58.7 Å². The van der Waals surface area contributed by atoms with E-state index in [0.29, 0.717) is 15.9 Å². The van der Waals surface area contributed by atoms with Gasteiger partial charge < -0.3 is 10.4 Å². The highest BCUT2D eigenvalue weighted by Crippen LogP contribution is 2.21. The number of pyridine rings is 1. The first-order valence-corrected chi connectivity index (χ1v) is 6.08. The summed E-state index contributed by atoms with van der Waals surface area (Å²) in [5.74, 6) is -0.0724. The SMILES string of the molecule is Cc1cc(O)ccc1NC(=O)c1cccnc1Br. The maximum atomic E-state index is 12.0. The van der Waals surface area contributed by atoms with Crippen molar-refractivity contribution in [2.75, 3.05) is 5.32 Å². The molecule has 0 spiro atoms. The smallest absolute Gasteiger partial charge is 0.258 e. The van der Waals surface area contributed by atoms with E-state index in [9.17, 15) is 9.90 Å². The first-order valence-electron chi connectivity index (χ1n) is 5.29. The van der Waals surface area contributed by atoms with Gasteiger partial charge in [-0.2, -0.15) is 0 Å². The first-order chi connectivity index (χ1) is 8.58. The summed E-state index contributed by atoms with van der Waals surface area (Å²) in [5.41, 5.74) is 1.92. The average Bonchev–Trinajstić information content (AvgIpc) is 2.33. The first kappa shape index (κ1) is 12.6. The molecule has 1 heterocycles. The van der Waals surface area contributed by atoms with E-state index in [0.717, 1.165) is 5.56 Å². The summed E-state index contributed by atoms with van der Waals surface area (Å²) in [6.07, 6.45) is 1.60. The van der Waals surface area contributed by atoms with Crippen LogP contribution in [0.3, 0.4) is 0 Å². The van der Waals surface area contributed by atoms with Crippen LogP contribution in [0, 0.1) is 6.92 Å². The van der Waals surface area contributed by atoms with Crippen molar-refractivity contribution in [3.63, 3.8) is 0 Å². The number of phenolic OH excluding ortho intramolecular Hbond substituents is 1. The summed E-state index contributed by atoms with van der Waals surface area (Å²) in [6.45, 7) is 1.81. The van der Waals surface area contributed by atoms with E-state index in [2.05, 4.69) is 26.2 Å². The molecule has 0 saturated carbocycles. The zero-order valence-electron chi connectivity index (χ0n) is 9.64. The molecule has 2 rings (SSSR count). The quantitative estimate of drug-likeness (QED) is 0.662. The number of aromatic nitrogens is 1. The van der Waals surface area contributed by atoms with Crippen LogP contribution in [0.2, 0.25) is 0 Å². The summed E-state index contributed by atoms with van der Waals surface area (Å²) in [6, 6.07) is 8.16. The minimum atomic E-state index is -0.247. The number of nitrogens with zero attached hydrogens (tertiary/aromatic N) is 1. The number of hydrogen-bond acceptors (Lipinski definition) is 3. The van der Waals surface area contributed by atoms with Gasteiger partial charge in [-0.3, -0.25) is 4.79 Å². The third kappa shape index (κ3) is 2.68. The Bertz CT molecular complexity index is 599. The average molecular weight is 307 g/mol. The van der Waals surface area contributed by atoms with Gasteiger partial charge in [0.1, 0.15) is 10.4 Å². The Balaban J connectivity index is 2.24. The molecule has 0 aliphatic heterocycles. The van der Waals surface area contributed by atoms with E-state index in [4.69, 9.17) is 0 Å². The maximum absolute atomic E-state index is 12.0. The van der Waals surface area contributed by atoms with Crippen LogP contribution in [-0.4, -0.2) is 16.0 Å². The molecular weight excluding hydrogens is 296 g/mol. The molecule has 1 aromatic carbocycles. The Morgan fingerprint density at radius 2 is 2.17 bits per heavy atom. The molecule has 0 aliphatic carbocycles. The summed E-state index contributed by atoms with van der Waals surface area (Å²) in [5, 5.41) is 12.1. The fourth-order valence-corrected chi connectivity index (χ4v) is 1.96. The highest BCUT2D eigenvalue weighted by Gasteiger charge is 2.11. The predicted molar refractivity (Wildman–Crippen MR) is 72.7 cm³/mol. The van der Waals surface area contributed by atoms with Gasteiger partial charge in [0.2, 0.25) is 0 Å². The normalized spacial score (nSPS) is 10.1. The number of aromatic hydroxyl groups is 1. The van der Waals surface area contributed by atoms with Gasteiger partial charge in [-0.15, -0.1) is 0 Å². The van der Waals surface area contributed by atoms with Gasteiger partial charge in [0, 0.05) is 11.9 Å². The van der Waals surface area contributed by atoms with Crippen molar-refractivity contribution in [2.24, 2.45) is 0 Å². The van der Waals surface area contributed by atoms with Crippen LogP contribution in [0.1, 0.15) is 15.9 Å². The Morgan fingerprint density at radius 1 is 1.39 bits per heavy atom. The summed E-state index contributed by atoms with van der Waals surface area (Å²) >= 11 is 3.23. The molecule has 2 N–H and O–H groups in total. The Hall–Kier alpha value is -1.88. The molecule has 0 saturated heterocycles. The highest BCUT2D eigenvalue weighted by atomic mass is 79.9. The topological polar surface area (TPSA) is 62.2 Å². The number of halogens is 1. The van der Waals surface area contributed by atoms with Crippen LogP contribution in [0.15, 0.2) is 41.1 Å². The molecule has 0 fully saturated rings. The molecule has 0 aliphatic rings. The number of phenols is 1. The number of anilines is 1. The second kappa shape index (κ2) is 5.18. The standard InChI is InChI=1S/C13H11BrN2O2/c1-8-7-9(17)4-5-11(8)16-13(18)10-3-2-6-15-12(10)14/h2-7,17H,1H3,(H,16,18). The van der Waals surface area contributed by atoms with Crippen molar-refractivity contribution >= 4 is 27.5 Å². The molecule has 1 aromatic heterocycles. The molecule has 4 nitrogen and oxygen atoms in total. The number of hydrogen-bond donors (Lipinski definition) is 2.